The molecule has 1 fully saturated rings. The van der Waals surface area contributed by atoms with Crippen LogP contribution in [0, 0.1) is 0 Å². The van der Waals surface area contributed by atoms with Gasteiger partial charge in [-0.3, -0.25) is 14.6 Å². The lowest BCUT2D eigenvalue weighted by Gasteiger charge is -2.34. The van der Waals surface area contributed by atoms with Gasteiger partial charge in [0.2, 0.25) is 0 Å². The summed E-state index contributed by atoms with van der Waals surface area (Å²) in [5.41, 5.74) is 2.30. The van der Waals surface area contributed by atoms with Crippen LogP contribution in [0.4, 0.5) is 0 Å². The summed E-state index contributed by atoms with van der Waals surface area (Å²) in [5.74, 6) is -0.643. The minimum absolute atomic E-state index is 0.0684. The normalized spacial score (nSPS) is 17.9. The number of phenolic OH excluding ortho intramolecular Hbond substituents is 2. The fraction of sp³-hybridized carbons (Fsp3) is 0.125. The van der Waals surface area contributed by atoms with Crippen molar-refractivity contribution < 1.29 is 19.8 Å². The number of piperidine rings is 1. The number of pyridine rings is 1. The highest BCUT2D eigenvalue weighted by Gasteiger charge is 2.34. The first-order chi connectivity index (χ1) is 14.5. The molecular formula is C24H20N2O4. The van der Waals surface area contributed by atoms with Crippen molar-refractivity contribution in [3.63, 3.8) is 0 Å². The SMILES string of the molecule is O=C1/C(=C\c2ccccn2)CN(C(=O)c2ccc(O)cc2)CC1c1ccc(O)cc1. The Labute approximate surface area is 173 Å². The Hall–Kier alpha value is -3.93. The molecule has 0 bridgehead atoms. The van der Waals surface area contributed by atoms with Gasteiger partial charge >= 0.3 is 0 Å². The Balaban J connectivity index is 1.71. The molecule has 4 rings (SSSR count). The van der Waals surface area contributed by atoms with Gasteiger partial charge in [0.25, 0.3) is 5.91 Å². The number of carbonyl (C=O) groups excluding carboxylic acids is 2. The molecule has 2 N–H and O–H groups in total. The molecule has 1 amide bonds. The first-order valence-corrected chi connectivity index (χ1v) is 9.54. The molecular weight excluding hydrogens is 380 g/mol. The quantitative estimate of drug-likeness (QED) is 0.658. The van der Waals surface area contributed by atoms with E-state index in [1.54, 1.807) is 53.6 Å². The predicted octanol–water partition coefficient (Wildman–Crippen LogP) is 3.39. The van der Waals surface area contributed by atoms with E-state index < -0.39 is 5.92 Å². The maximum Gasteiger partial charge on any atom is 0.254 e. The molecule has 1 unspecified atom stereocenters. The summed E-state index contributed by atoms with van der Waals surface area (Å²) in [4.78, 5) is 32.2. The fourth-order valence-corrected chi connectivity index (χ4v) is 3.54. The van der Waals surface area contributed by atoms with Gasteiger partial charge in [0.15, 0.2) is 5.78 Å². The highest BCUT2D eigenvalue weighted by Crippen LogP contribution is 2.30. The Morgan fingerprint density at radius 3 is 2.27 bits per heavy atom. The minimum atomic E-state index is -0.546. The first kappa shape index (κ1) is 19.4. The Kier molecular flexibility index (Phi) is 5.30. The van der Waals surface area contributed by atoms with Crippen molar-refractivity contribution in [3.05, 3.63) is 95.3 Å². The zero-order valence-electron chi connectivity index (χ0n) is 16.1. The predicted molar refractivity (Wildman–Crippen MR) is 112 cm³/mol. The van der Waals surface area contributed by atoms with E-state index >= 15 is 0 Å². The second-order valence-electron chi connectivity index (χ2n) is 7.17. The molecule has 0 saturated carbocycles. The van der Waals surface area contributed by atoms with Crippen LogP contribution in [0.25, 0.3) is 6.08 Å². The zero-order chi connectivity index (χ0) is 21.1. The summed E-state index contributed by atoms with van der Waals surface area (Å²) in [6, 6.07) is 17.9. The van der Waals surface area contributed by atoms with E-state index in [-0.39, 0.29) is 36.3 Å². The van der Waals surface area contributed by atoms with E-state index in [9.17, 15) is 19.8 Å². The number of benzene rings is 2. The fourth-order valence-electron chi connectivity index (χ4n) is 3.54. The van der Waals surface area contributed by atoms with E-state index in [1.165, 1.54) is 24.3 Å². The van der Waals surface area contributed by atoms with Crippen molar-refractivity contribution in [1.29, 1.82) is 0 Å². The largest absolute Gasteiger partial charge is 0.508 e. The smallest absolute Gasteiger partial charge is 0.254 e. The minimum Gasteiger partial charge on any atom is -0.508 e. The van der Waals surface area contributed by atoms with Crippen molar-refractivity contribution in [2.45, 2.75) is 5.92 Å². The van der Waals surface area contributed by atoms with Crippen LogP contribution < -0.4 is 0 Å². The van der Waals surface area contributed by atoms with Crippen molar-refractivity contribution >= 4 is 17.8 Å². The number of likely N-dealkylation sites (tertiary alicyclic amines) is 1. The summed E-state index contributed by atoms with van der Waals surface area (Å²) in [5, 5.41) is 19.1. The summed E-state index contributed by atoms with van der Waals surface area (Å²) in [6.07, 6.45) is 3.36. The number of nitrogens with zero attached hydrogens (tertiary/aromatic N) is 2. The average Bonchev–Trinajstić information content (AvgIpc) is 2.77. The number of aromatic nitrogens is 1. The number of rotatable bonds is 3. The van der Waals surface area contributed by atoms with Crippen LogP contribution >= 0.6 is 0 Å². The van der Waals surface area contributed by atoms with Crippen LogP contribution in [0.1, 0.15) is 27.5 Å². The number of hydrogen-bond acceptors (Lipinski definition) is 5. The summed E-state index contributed by atoms with van der Waals surface area (Å²) in [6.45, 7) is 0.395. The number of Topliss-reactive ketones (excluding diaryl/α,β-unsaturated/α-hetero) is 1. The highest BCUT2D eigenvalue weighted by atomic mass is 16.3. The van der Waals surface area contributed by atoms with E-state index in [2.05, 4.69) is 4.98 Å². The maximum absolute atomic E-state index is 13.2. The molecule has 2 aromatic carbocycles. The zero-order valence-corrected chi connectivity index (χ0v) is 16.1. The Morgan fingerprint density at radius 2 is 1.63 bits per heavy atom. The van der Waals surface area contributed by atoms with Gasteiger partial charge < -0.3 is 15.1 Å². The van der Waals surface area contributed by atoms with Gasteiger partial charge in [-0.05, 0) is 60.2 Å². The number of carbonyl (C=O) groups is 2. The highest BCUT2D eigenvalue weighted by molar-refractivity contribution is 6.07. The van der Waals surface area contributed by atoms with E-state index in [4.69, 9.17) is 0 Å². The molecule has 1 aromatic heterocycles. The third-order valence-corrected chi connectivity index (χ3v) is 5.10. The maximum atomic E-state index is 13.2. The van der Waals surface area contributed by atoms with Gasteiger partial charge in [0, 0.05) is 30.4 Å². The van der Waals surface area contributed by atoms with Gasteiger partial charge in [-0.1, -0.05) is 18.2 Å². The Bertz CT molecular complexity index is 1090. The number of ketones is 1. The summed E-state index contributed by atoms with van der Waals surface area (Å²) in [7, 11) is 0. The molecule has 0 aliphatic carbocycles. The molecule has 3 aromatic rings. The van der Waals surface area contributed by atoms with Gasteiger partial charge in [-0.15, -0.1) is 0 Å². The van der Waals surface area contributed by atoms with Crippen molar-refractivity contribution in [2.24, 2.45) is 0 Å². The molecule has 1 saturated heterocycles. The molecule has 2 heterocycles. The summed E-state index contributed by atoms with van der Waals surface area (Å²) < 4.78 is 0. The second kappa shape index (κ2) is 8.21. The average molecular weight is 400 g/mol. The van der Waals surface area contributed by atoms with Crippen molar-refractivity contribution in [2.75, 3.05) is 13.1 Å². The van der Waals surface area contributed by atoms with Gasteiger partial charge in [-0.2, -0.15) is 0 Å². The van der Waals surface area contributed by atoms with Crippen LogP contribution in [0.5, 0.6) is 11.5 Å². The lowest BCUT2D eigenvalue weighted by atomic mass is 9.85. The standard InChI is InChI=1S/C24H20N2O4/c27-20-8-4-16(5-9-20)22-15-26(24(30)17-6-10-21(28)11-7-17)14-18(23(22)29)13-19-3-1-2-12-25-19/h1-13,22,27-28H,14-15H2/b18-13-. The number of hydrogen-bond donors (Lipinski definition) is 2. The monoisotopic (exact) mass is 400 g/mol. The molecule has 1 aliphatic heterocycles. The van der Waals surface area contributed by atoms with Crippen LogP contribution in [0.2, 0.25) is 0 Å². The van der Waals surface area contributed by atoms with Crippen LogP contribution in [-0.4, -0.2) is 44.9 Å². The molecule has 0 radical (unpaired) electrons. The van der Waals surface area contributed by atoms with E-state index in [0.717, 1.165) is 5.56 Å². The van der Waals surface area contributed by atoms with Crippen LogP contribution in [0.3, 0.4) is 0 Å². The van der Waals surface area contributed by atoms with Gasteiger partial charge in [0.1, 0.15) is 11.5 Å². The van der Waals surface area contributed by atoms with Crippen molar-refractivity contribution in [3.8, 4) is 11.5 Å². The number of aromatic hydroxyl groups is 2. The van der Waals surface area contributed by atoms with Gasteiger partial charge in [-0.25, -0.2) is 0 Å². The number of phenols is 2. The lowest BCUT2D eigenvalue weighted by molar-refractivity contribution is -0.118. The van der Waals surface area contributed by atoms with Crippen molar-refractivity contribution in [1.82, 2.24) is 9.88 Å². The van der Waals surface area contributed by atoms with Crippen LogP contribution in [-0.2, 0) is 4.79 Å². The Morgan fingerprint density at radius 1 is 0.967 bits per heavy atom. The molecule has 6 heteroatoms. The molecule has 0 spiro atoms. The number of amides is 1. The van der Waals surface area contributed by atoms with Crippen LogP contribution in [0.15, 0.2) is 78.5 Å². The molecule has 1 aliphatic rings. The second-order valence-corrected chi connectivity index (χ2v) is 7.17. The van der Waals surface area contributed by atoms with Gasteiger partial charge in [0.05, 0.1) is 11.6 Å². The third-order valence-electron chi connectivity index (χ3n) is 5.10. The van der Waals surface area contributed by atoms with E-state index in [1.807, 2.05) is 6.07 Å². The molecule has 150 valence electrons. The molecule has 30 heavy (non-hydrogen) atoms. The topological polar surface area (TPSA) is 90.7 Å². The lowest BCUT2D eigenvalue weighted by Crippen LogP contribution is -2.44. The molecule has 1 atom stereocenters. The first-order valence-electron chi connectivity index (χ1n) is 9.54. The molecule has 6 nitrogen and oxygen atoms in total. The third kappa shape index (κ3) is 4.07. The van der Waals surface area contributed by atoms with E-state index in [0.29, 0.717) is 16.8 Å². The summed E-state index contributed by atoms with van der Waals surface area (Å²) >= 11 is 0.